The number of ether oxygens (including phenoxy) is 2. The minimum Gasteiger partial charge on any atom is -0.508 e. The van der Waals surface area contributed by atoms with Gasteiger partial charge in [-0.15, -0.1) is 0 Å². The van der Waals surface area contributed by atoms with Crippen molar-refractivity contribution in [3.63, 3.8) is 0 Å². The number of nitrogens with zero attached hydrogens (tertiary/aromatic N) is 1. The fourth-order valence-electron chi connectivity index (χ4n) is 2.26. The van der Waals surface area contributed by atoms with Crippen LogP contribution in [0, 0.1) is 0 Å². The Labute approximate surface area is 169 Å². The zero-order valence-electron chi connectivity index (χ0n) is 15.4. The van der Waals surface area contributed by atoms with Crippen LogP contribution in [0.15, 0.2) is 41.6 Å². The quantitative estimate of drug-likeness (QED) is 0.309. The predicted octanol–water partition coefficient (Wildman–Crippen LogP) is 5.70. The summed E-state index contributed by atoms with van der Waals surface area (Å²) in [5, 5.41) is 14.0. The van der Waals surface area contributed by atoms with E-state index in [9.17, 15) is 5.11 Å². The second-order valence-electron chi connectivity index (χ2n) is 5.76. The Morgan fingerprint density at radius 2 is 1.59 bits per heavy atom. The Kier molecular flexibility index (Phi) is 8.55. The summed E-state index contributed by atoms with van der Waals surface area (Å²) in [6.45, 7) is 5.38. The fraction of sp³-hybridized carbons (Fsp3) is 0.350. The van der Waals surface area contributed by atoms with Gasteiger partial charge < -0.3 is 19.4 Å². The van der Waals surface area contributed by atoms with Crippen molar-refractivity contribution in [3.8, 4) is 17.2 Å². The summed E-state index contributed by atoms with van der Waals surface area (Å²) in [4.78, 5) is 5.05. The first-order chi connectivity index (χ1) is 13.0. The van der Waals surface area contributed by atoms with E-state index in [1.54, 1.807) is 0 Å². The number of benzene rings is 2. The molecule has 2 rings (SSSR count). The molecule has 0 heterocycles. The molecule has 0 radical (unpaired) electrons. The number of rotatable bonds is 10. The zero-order chi connectivity index (χ0) is 19.6. The van der Waals surface area contributed by atoms with E-state index in [2.05, 4.69) is 5.16 Å². The zero-order valence-corrected chi connectivity index (χ0v) is 16.9. The minimum absolute atomic E-state index is 0.0103. The molecule has 0 amide bonds. The molecule has 0 spiro atoms. The van der Waals surface area contributed by atoms with E-state index in [-0.39, 0.29) is 5.75 Å². The van der Waals surface area contributed by atoms with Gasteiger partial charge >= 0.3 is 0 Å². The molecule has 0 atom stereocenters. The molecule has 0 saturated heterocycles. The third-order valence-corrected chi connectivity index (χ3v) is 4.20. The molecule has 0 unspecified atom stereocenters. The third-order valence-electron chi connectivity index (χ3n) is 3.64. The summed E-state index contributed by atoms with van der Waals surface area (Å²) in [5.74, 6) is 1.20. The number of halogens is 2. The molecule has 0 saturated carbocycles. The Bertz CT molecular complexity index is 740. The Balaban J connectivity index is 1.70. The highest BCUT2D eigenvalue weighted by Crippen LogP contribution is 2.36. The Morgan fingerprint density at radius 1 is 1.00 bits per heavy atom. The summed E-state index contributed by atoms with van der Waals surface area (Å²) in [7, 11) is 0. The number of hydrogen-bond acceptors (Lipinski definition) is 5. The SMILES string of the molecule is CCON=C(C)c1ccc(OCCCCOc2c(Cl)cc(O)cc2Cl)cc1. The maximum absolute atomic E-state index is 9.40. The van der Waals surface area contributed by atoms with E-state index in [0.717, 1.165) is 29.9 Å². The van der Waals surface area contributed by atoms with Crippen molar-refractivity contribution in [3.05, 3.63) is 52.0 Å². The lowest BCUT2D eigenvalue weighted by molar-refractivity contribution is 0.159. The minimum atomic E-state index is 0.0103. The van der Waals surface area contributed by atoms with Gasteiger partial charge in [0.1, 0.15) is 18.1 Å². The summed E-state index contributed by atoms with van der Waals surface area (Å²) < 4.78 is 11.3. The molecule has 5 nitrogen and oxygen atoms in total. The van der Waals surface area contributed by atoms with Crippen LogP contribution in [0.2, 0.25) is 10.0 Å². The van der Waals surface area contributed by atoms with Gasteiger partial charge in [-0.1, -0.05) is 28.4 Å². The van der Waals surface area contributed by atoms with Gasteiger partial charge in [0.25, 0.3) is 0 Å². The van der Waals surface area contributed by atoms with E-state index in [1.165, 1.54) is 12.1 Å². The largest absolute Gasteiger partial charge is 0.508 e. The molecule has 0 aliphatic carbocycles. The lowest BCUT2D eigenvalue weighted by Crippen LogP contribution is -2.03. The van der Waals surface area contributed by atoms with Crippen LogP contribution in [0.1, 0.15) is 32.3 Å². The number of oxime groups is 1. The monoisotopic (exact) mass is 411 g/mol. The van der Waals surface area contributed by atoms with Crippen molar-refractivity contribution in [1.82, 2.24) is 0 Å². The average Bonchev–Trinajstić information content (AvgIpc) is 2.64. The van der Waals surface area contributed by atoms with Crippen molar-refractivity contribution in [2.75, 3.05) is 19.8 Å². The molecule has 2 aromatic rings. The number of unbranched alkanes of at least 4 members (excludes halogenated alkanes) is 1. The number of hydrogen-bond donors (Lipinski definition) is 1. The van der Waals surface area contributed by atoms with Crippen LogP contribution in [-0.4, -0.2) is 30.6 Å². The first-order valence-corrected chi connectivity index (χ1v) is 9.47. The van der Waals surface area contributed by atoms with E-state index < -0.39 is 0 Å². The molecule has 27 heavy (non-hydrogen) atoms. The van der Waals surface area contributed by atoms with Crippen molar-refractivity contribution in [2.24, 2.45) is 5.16 Å². The smallest absolute Gasteiger partial charge is 0.156 e. The topological polar surface area (TPSA) is 60.3 Å². The molecule has 146 valence electrons. The Hall–Kier alpha value is -2.11. The van der Waals surface area contributed by atoms with Gasteiger partial charge in [-0.25, -0.2) is 0 Å². The first kappa shape index (κ1) is 21.2. The average molecular weight is 412 g/mol. The van der Waals surface area contributed by atoms with Gasteiger partial charge in [0.15, 0.2) is 5.75 Å². The van der Waals surface area contributed by atoms with Crippen molar-refractivity contribution in [2.45, 2.75) is 26.7 Å². The van der Waals surface area contributed by atoms with Crippen LogP contribution in [0.4, 0.5) is 0 Å². The maximum atomic E-state index is 9.40. The molecule has 0 aliphatic rings. The summed E-state index contributed by atoms with van der Waals surface area (Å²) in [6.07, 6.45) is 1.60. The number of phenols is 1. The highest BCUT2D eigenvalue weighted by molar-refractivity contribution is 6.37. The summed E-state index contributed by atoms with van der Waals surface area (Å²) >= 11 is 12.0. The van der Waals surface area contributed by atoms with Gasteiger partial charge in [0.05, 0.1) is 29.0 Å². The molecule has 0 aliphatic heterocycles. The van der Waals surface area contributed by atoms with Crippen LogP contribution in [0.25, 0.3) is 0 Å². The van der Waals surface area contributed by atoms with Crippen molar-refractivity contribution in [1.29, 1.82) is 0 Å². The summed E-state index contributed by atoms with van der Waals surface area (Å²) in [5.41, 5.74) is 1.82. The van der Waals surface area contributed by atoms with E-state index in [0.29, 0.717) is 35.6 Å². The van der Waals surface area contributed by atoms with Crippen molar-refractivity contribution >= 4 is 28.9 Å². The number of phenolic OH excluding ortho intramolecular Hbond substituents is 1. The van der Waals surface area contributed by atoms with Crippen LogP contribution < -0.4 is 9.47 Å². The van der Waals surface area contributed by atoms with Crippen LogP contribution >= 0.6 is 23.2 Å². The molecular formula is C20H23Cl2NO4. The molecule has 0 aromatic heterocycles. The highest BCUT2D eigenvalue weighted by Gasteiger charge is 2.09. The lowest BCUT2D eigenvalue weighted by Gasteiger charge is -2.11. The fourth-order valence-corrected chi connectivity index (χ4v) is 2.84. The molecule has 2 aromatic carbocycles. The van der Waals surface area contributed by atoms with Gasteiger partial charge in [-0.05, 0) is 56.5 Å². The van der Waals surface area contributed by atoms with Crippen LogP contribution in [0.3, 0.4) is 0 Å². The molecule has 1 N–H and O–H groups in total. The molecule has 0 bridgehead atoms. The second-order valence-corrected chi connectivity index (χ2v) is 6.58. The number of aromatic hydroxyl groups is 1. The van der Waals surface area contributed by atoms with Crippen LogP contribution in [0.5, 0.6) is 17.2 Å². The van der Waals surface area contributed by atoms with Crippen LogP contribution in [-0.2, 0) is 4.84 Å². The van der Waals surface area contributed by atoms with Gasteiger partial charge in [0, 0.05) is 12.1 Å². The third kappa shape index (κ3) is 6.85. The predicted molar refractivity (Wildman–Crippen MR) is 109 cm³/mol. The van der Waals surface area contributed by atoms with Crippen molar-refractivity contribution < 1.29 is 19.4 Å². The van der Waals surface area contributed by atoms with Gasteiger partial charge in [-0.3, -0.25) is 0 Å². The van der Waals surface area contributed by atoms with E-state index in [4.69, 9.17) is 37.5 Å². The Morgan fingerprint density at radius 3 is 2.19 bits per heavy atom. The first-order valence-electron chi connectivity index (χ1n) is 8.72. The standard InChI is InChI=1S/C20H23Cl2NO4/c1-3-27-23-14(2)15-6-8-17(9-7-15)25-10-4-5-11-26-20-18(21)12-16(24)13-19(20)22/h6-9,12-13,24H,3-5,10-11H2,1-2H3. The molecule has 0 fully saturated rings. The normalized spacial score (nSPS) is 11.3. The second kappa shape index (κ2) is 10.9. The molecule has 7 heteroatoms. The van der Waals surface area contributed by atoms with Gasteiger partial charge in [-0.2, -0.15) is 0 Å². The molecular weight excluding hydrogens is 389 g/mol. The summed E-state index contributed by atoms with van der Waals surface area (Å²) in [6, 6.07) is 10.5. The lowest BCUT2D eigenvalue weighted by atomic mass is 10.1. The maximum Gasteiger partial charge on any atom is 0.156 e. The van der Waals surface area contributed by atoms with E-state index in [1.807, 2.05) is 38.1 Å². The highest BCUT2D eigenvalue weighted by atomic mass is 35.5. The van der Waals surface area contributed by atoms with Gasteiger partial charge in [0.2, 0.25) is 0 Å². The van der Waals surface area contributed by atoms with E-state index >= 15 is 0 Å².